The van der Waals surface area contributed by atoms with Gasteiger partial charge in [-0.3, -0.25) is 9.59 Å². The molecule has 6 heteroatoms. The maximum atomic E-state index is 12.1. The standard InChI is InChI=1S/C12H14ClN3O2/c1-14-10-3-2-7(13)4-9(10)12(18)16-8-5-11(17)15-6-8/h2-4,8,14H,5-6H2,1H3,(H,15,17)(H,16,18). The summed E-state index contributed by atoms with van der Waals surface area (Å²) in [6.45, 7) is 0.472. The number of rotatable bonds is 3. The molecule has 2 amide bonds. The van der Waals surface area contributed by atoms with Gasteiger partial charge in [0, 0.05) is 30.7 Å². The average Bonchev–Trinajstić information content (AvgIpc) is 2.74. The SMILES string of the molecule is CNc1ccc(Cl)cc1C(=O)NC1CNC(=O)C1. The lowest BCUT2D eigenvalue weighted by Crippen LogP contribution is -2.36. The van der Waals surface area contributed by atoms with Crippen molar-refractivity contribution in [3.8, 4) is 0 Å². The van der Waals surface area contributed by atoms with E-state index < -0.39 is 0 Å². The summed E-state index contributed by atoms with van der Waals surface area (Å²) in [5, 5.41) is 8.91. The lowest BCUT2D eigenvalue weighted by atomic mass is 10.1. The highest BCUT2D eigenvalue weighted by Crippen LogP contribution is 2.20. The van der Waals surface area contributed by atoms with Gasteiger partial charge < -0.3 is 16.0 Å². The molecule has 0 spiro atoms. The van der Waals surface area contributed by atoms with Gasteiger partial charge in [0.25, 0.3) is 5.91 Å². The molecule has 0 bridgehead atoms. The maximum Gasteiger partial charge on any atom is 0.253 e. The minimum atomic E-state index is -0.233. The van der Waals surface area contributed by atoms with Crippen LogP contribution < -0.4 is 16.0 Å². The number of carbonyl (C=O) groups excluding carboxylic acids is 2. The van der Waals surface area contributed by atoms with E-state index in [1.165, 1.54) is 0 Å². The molecule has 1 atom stereocenters. The number of nitrogens with one attached hydrogen (secondary N) is 3. The number of carbonyl (C=O) groups is 2. The highest BCUT2D eigenvalue weighted by Gasteiger charge is 2.24. The normalized spacial score (nSPS) is 18.3. The molecule has 1 heterocycles. The van der Waals surface area contributed by atoms with Crippen molar-refractivity contribution in [1.82, 2.24) is 10.6 Å². The second kappa shape index (κ2) is 5.27. The third-order valence-electron chi connectivity index (χ3n) is 2.81. The summed E-state index contributed by atoms with van der Waals surface area (Å²) < 4.78 is 0. The van der Waals surface area contributed by atoms with Crippen LogP contribution in [0.4, 0.5) is 5.69 Å². The molecule has 1 aliphatic heterocycles. The number of hydrogen-bond donors (Lipinski definition) is 3. The topological polar surface area (TPSA) is 70.2 Å². The van der Waals surface area contributed by atoms with E-state index in [1.54, 1.807) is 25.2 Å². The molecule has 0 aliphatic carbocycles. The van der Waals surface area contributed by atoms with Crippen LogP contribution >= 0.6 is 11.6 Å². The van der Waals surface area contributed by atoms with Crippen molar-refractivity contribution in [2.75, 3.05) is 18.9 Å². The Bertz CT molecular complexity index is 490. The Kier molecular flexibility index (Phi) is 3.72. The average molecular weight is 268 g/mol. The molecule has 1 saturated heterocycles. The van der Waals surface area contributed by atoms with Crippen molar-refractivity contribution in [2.24, 2.45) is 0 Å². The van der Waals surface area contributed by atoms with E-state index in [9.17, 15) is 9.59 Å². The zero-order valence-electron chi connectivity index (χ0n) is 9.92. The van der Waals surface area contributed by atoms with E-state index >= 15 is 0 Å². The monoisotopic (exact) mass is 267 g/mol. The van der Waals surface area contributed by atoms with Gasteiger partial charge >= 0.3 is 0 Å². The van der Waals surface area contributed by atoms with Crippen LogP contribution in [0, 0.1) is 0 Å². The van der Waals surface area contributed by atoms with Crippen molar-refractivity contribution in [3.05, 3.63) is 28.8 Å². The number of anilines is 1. The summed E-state index contributed by atoms with van der Waals surface area (Å²) in [6, 6.07) is 4.90. The fourth-order valence-corrected chi connectivity index (χ4v) is 2.06. The summed E-state index contributed by atoms with van der Waals surface area (Å²) in [5.41, 5.74) is 1.18. The summed E-state index contributed by atoms with van der Waals surface area (Å²) in [7, 11) is 1.74. The first-order chi connectivity index (χ1) is 8.60. The van der Waals surface area contributed by atoms with Crippen LogP contribution in [0.2, 0.25) is 5.02 Å². The van der Waals surface area contributed by atoms with Gasteiger partial charge in [-0.1, -0.05) is 11.6 Å². The number of hydrogen-bond acceptors (Lipinski definition) is 3. The Hall–Kier alpha value is -1.75. The quantitative estimate of drug-likeness (QED) is 0.765. The van der Waals surface area contributed by atoms with E-state index in [4.69, 9.17) is 11.6 Å². The van der Waals surface area contributed by atoms with Gasteiger partial charge in [-0.2, -0.15) is 0 Å². The molecule has 0 saturated carbocycles. The van der Waals surface area contributed by atoms with Crippen LogP contribution in [0.5, 0.6) is 0 Å². The predicted octanol–water partition coefficient (Wildman–Crippen LogP) is 1.000. The minimum Gasteiger partial charge on any atom is -0.387 e. The van der Waals surface area contributed by atoms with E-state index in [2.05, 4.69) is 16.0 Å². The molecule has 96 valence electrons. The maximum absolute atomic E-state index is 12.1. The summed E-state index contributed by atoms with van der Waals surface area (Å²) in [5.74, 6) is -0.274. The van der Waals surface area contributed by atoms with Gasteiger partial charge in [0.15, 0.2) is 0 Å². The Morgan fingerprint density at radius 3 is 2.89 bits per heavy atom. The van der Waals surface area contributed by atoms with Crippen molar-refractivity contribution >= 4 is 29.1 Å². The Labute approximate surface area is 110 Å². The Balaban J connectivity index is 2.13. The Morgan fingerprint density at radius 2 is 2.28 bits per heavy atom. The fourth-order valence-electron chi connectivity index (χ4n) is 1.89. The highest BCUT2D eigenvalue weighted by molar-refractivity contribution is 6.31. The smallest absolute Gasteiger partial charge is 0.253 e. The van der Waals surface area contributed by atoms with Gasteiger partial charge in [-0.25, -0.2) is 0 Å². The Morgan fingerprint density at radius 1 is 1.50 bits per heavy atom. The van der Waals surface area contributed by atoms with Gasteiger partial charge in [0.2, 0.25) is 5.91 Å². The third kappa shape index (κ3) is 2.73. The number of halogens is 1. The molecular weight excluding hydrogens is 254 g/mol. The molecule has 0 aromatic heterocycles. The molecule has 1 aromatic rings. The first-order valence-electron chi connectivity index (χ1n) is 5.65. The summed E-state index contributed by atoms with van der Waals surface area (Å²) in [4.78, 5) is 23.1. The van der Waals surface area contributed by atoms with E-state index in [0.717, 1.165) is 0 Å². The van der Waals surface area contributed by atoms with Crippen LogP contribution in [0.3, 0.4) is 0 Å². The second-order valence-electron chi connectivity index (χ2n) is 4.12. The predicted molar refractivity (Wildman–Crippen MR) is 69.9 cm³/mol. The van der Waals surface area contributed by atoms with Crippen molar-refractivity contribution in [1.29, 1.82) is 0 Å². The zero-order chi connectivity index (χ0) is 13.1. The van der Waals surface area contributed by atoms with Crippen molar-refractivity contribution in [2.45, 2.75) is 12.5 Å². The van der Waals surface area contributed by atoms with Gasteiger partial charge in [0.05, 0.1) is 11.6 Å². The molecule has 1 unspecified atom stereocenters. The second-order valence-corrected chi connectivity index (χ2v) is 4.55. The first kappa shape index (κ1) is 12.7. The van der Waals surface area contributed by atoms with Crippen LogP contribution in [-0.4, -0.2) is 31.4 Å². The van der Waals surface area contributed by atoms with Crippen LogP contribution in [0.25, 0.3) is 0 Å². The number of benzene rings is 1. The highest BCUT2D eigenvalue weighted by atomic mass is 35.5. The molecule has 2 rings (SSSR count). The molecule has 0 radical (unpaired) electrons. The minimum absolute atomic E-state index is 0.0414. The largest absolute Gasteiger partial charge is 0.387 e. The lowest BCUT2D eigenvalue weighted by molar-refractivity contribution is -0.119. The van der Waals surface area contributed by atoms with Gasteiger partial charge in [0.1, 0.15) is 0 Å². The molecule has 1 aliphatic rings. The summed E-state index contributed by atoms with van der Waals surface area (Å²) in [6.07, 6.45) is 0.321. The third-order valence-corrected chi connectivity index (χ3v) is 3.04. The molecule has 1 aromatic carbocycles. The molecule has 3 N–H and O–H groups in total. The lowest BCUT2D eigenvalue weighted by Gasteiger charge is -2.13. The van der Waals surface area contributed by atoms with Crippen LogP contribution in [0.1, 0.15) is 16.8 Å². The molecule has 1 fully saturated rings. The van der Waals surface area contributed by atoms with Gasteiger partial charge in [-0.05, 0) is 18.2 Å². The van der Waals surface area contributed by atoms with Crippen molar-refractivity contribution < 1.29 is 9.59 Å². The van der Waals surface area contributed by atoms with E-state index in [0.29, 0.717) is 29.2 Å². The summed E-state index contributed by atoms with van der Waals surface area (Å²) >= 11 is 5.88. The van der Waals surface area contributed by atoms with E-state index in [-0.39, 0.29) is 17.9 Å². The van der Waals surface area contributed by atoms with Crippen LogP contribution in [0.15, 0.2) is 18.2 Å². The zero-order valence-corrected chi connectivity index (χ0v) is 10.7. The van der Waals surface area contributed by atoms with Crippen molar-refractivity contribution in [3.63, 3.8) is 0 Å². The van der Waals surface area contributed by atoms with Crippen LogP contribution in [-0.2, 0) is 4.79 Å². The molecule has 18 heavy (non-hydrogen) atoms. The molecule has 5 nitrogen and oxygen atoms in total. The van der Waals surface area contributed by atoms with E-state index in [1.807, 2.05) is 0 Å². The first-order valence-corrected chi connectivity index (χ1v) is 6.03. The number of amides is 2. The molecular formula is C12H14ClN3O2. The van der Waals surface area contributed by atoms with Gasteiger partial charge in [-0.15, -0.1) is 0 Å². The fraction of sp³-hybridized carbons (Fsp3) is 0.333.